The van der Waals surface area contributed by atoms with Crippen LogP contribution in [-0.2, 0) is 10.0 Å². The first-order chi connectivity index (χ1) is 8.40. The molecule has 0 amide bonds. The number of aryl methyl sites for hydroxylation is 3. The fourth-order valence-corrected chi connectivity index (χ4v) is 4.67. The van der Waals surface area contributed by atoms with Crippen LogP contribution in [-0.4, -0.2) is 14.5 Å². The third-order valence-electron chi connectivity index (χ3n) is 3.55. The molecule has 0 heterocycles. The van der Waals surface area contributed by atoms with Crippen LogP contribution in [0.15, 0.2) is 17.0 Å². The molecular weight excluding hydrogens is 246 g/mol. The highest BCUT2D eigenvalue weighted by Gasteiger charge is 2.25. The molecule has 0 radical (unpaired) electrons. The van der Waals surface area contributed by atoms with Gasteiger partial charge in [-0.1, -0.05) is 30.5 Å². The van der Waals surface area contributed by atoms with E-state index in [1.54, 1.807) is 0 Å². The molecule has 2 rings (SSSR count). The largest absolute Gasteiger partial charge is 0.241 e. The Labute approximate surface area is 110 Å². The van der Waals surface area contributed by atoms with Gasteiger partial charge in [0.05, 0.1) is 4.90 Å². The molecule has 1 aromatic rings. The predicted octanol–water partition coefficient (Wildman–Crippen LogP) is 2.83. The second kappa shape index (κ2) is 5.02. The summed E-state index contributed by atoms with van der Waals surface area (Å²) in [5.41, 5.74) is 2.76. The molecule has 0 unspecified atom stereocenters. The van der Waals surface area contributed by atoms with Crippen LogP contribution in [0.3, 0.4) is 0 Å². The Morgan fingerprint density at radius 3 is 2.06 bits per heavy atom. The monoisotopic (exact) mass is 267 g/mol. The van der Waals surface area contributed by atoms with Crippen molar-refractivity contribution in [2.45, 2.75) is 57.4 Å². The molecule has 1 fully saturated rings. The van der Waals surface area contributed by atoms with Crippen LogP contribution >= 0.6 is 0 Å². The number of hydrogen-bond donors (Lipinski definition) is 1. The summed E-state index contributed by atoms with van der Waals surface area (Å²) in [5, 5.41) is 0. The Balaban J connectivity index is 2.34. The van der Waals surface area contributed by atoms with Gasteiger partial charge in [-0.15, -0.1) is 0 Å². The Bertz CT molecular complexity index is 520. The second-order valence-corrected chi connectivity index (χ2v) is 6.98. The van der Waals surface area contributed by atoms with Gasteiger partial charge in [-0.25, -0.2) is 13.1 Å². The van der Waals surface area contributed by atoms with Gasteiger partial charge in [0, 0.05) is 6.04 Å². The molecular formula is C14H21NO2S. The van der Waals surface area contributed by atoms with Crippen LogP contribution in [0.5, 0.6) is 0 Å². The van der Waals surface area contributed by atoms with Gasteiger partial charge in [0.25, 0.3) is 0 Å². The van der Waals surface area contributed by atoms with Gasteiger partial charge in [0.1, 0.15) is 0 Å². The van der Waals surface area contributed by atoms with E-state index in [4.69, 9.17) is 0 Å². The molecule has 1 N–H and O–H groups in total. The average Bonchev–Trinajstić information content (AvgIpc) is 2.66. The van der Waals surface area contributed by atoms with Crippen molar-refractivity contribution in [3.8, 4) is 0 Å². The van der Waals surface area contributed by atoms with Gasteiger partial charge < -0.3 is 0 Å². The van der Waals surface area contributed by atoms with Crippen LogP contribution in [0.2, 0.25) is 0 Å². The maximum absolute atomic E-state index is 12.4. The maximum atomic E-state index is 12.4. The maximum Gasteiger partial charge on any atom is 0.241 e. The normalized spacial score (nSPS) is 17.3. The molecule has 1 aromatic carbocycles. The Morgan fingerprint density at radius 2 is 1.56 bits per heavy atom. The van der Waals surface area contributed by atoms with Gasteiger partial charge in [-0.05, 0) is 44.7 Å². The summed E-state index contributed by atoms with van der Waals surface area (Å²) in [6, 6.07) is 3.97. The van der Waals surface area contributed by atoms with Crippen molar-refractivity contribution in [2.24, 2.45) is 0 Å². The minimum atomic E-state index is -3.37. The van der Waals surface area contributed by atoms with Crippen molar-refractivity contribution in [2.75, 3.05) is 0 Å². The van der Waals surface area contributed by atoms with Gasteiger partial charge in [0.15, 0.2) is 0 Å². The van der Waals surface area contributed by atoms with Crippen molar-refractivity contribution in [1.82, 2.24) is 4.72 Å². The lowest BCUT2D eigenvalue weighted by Gasteiger charge is -2.16. The first-order valence-corrected chi connectivity index (χ1v) is 7.98. The zero-order valence-electron chi connectivity index (χ0n) is 11.3. The van der Waals surface area contributed by atoms with E-state index in [9.17, 15) is 8.42 Å². The van der Waals surface area contributed by atoms with Gasteiger partial charge >= 0.3 is 0 Å². The molecule has 18 heavy (non-hydrogen) atoms. The molecule has 0 atom stereocenters. The first kappa shape index (κ1) is 13.6. The zero-order chi connectivity index (χ0) is 13.3. The number of rotatable bonds is 3. The average molecular weight is 267 g/mol. The molecule has 0 saturated heterocycles. The van der Waals surface area contributed by atoms with E-state index in [0.29, 0.717) is 4.90 Å². The summed E-state index contributed by atoms with van der Waals surface area (Å²) in [5.74, 6) is 0. The van der Waals surface area contributed by atoms with E-state index < -0.39 is 10.0 Å². The molecule has 1 aliphatic rings. The Kier molecular flexibility index (Phi) is 3.78. The number of nitrogens with one attached hydrogen (secondary N) is 1. The van der Waals surface area contributed by atoms with Crippen molar-refractivity contribution in [3.63, 3.8) is 0 Å². The summed E-state index contributed by atoms with van der Waals surface area (Å²) in [7, 11) is -3.37. The van der Waals surface area contributed by atoms with E-state index >= 15 is 0 Å². The highest BCUT2D eigenvalue weighted by atomic mass is 32.2. The highest BCUT2D eigenvalue weighted by Crippen LogP contribution is 2.24. The predicted molar refractivity (Wildman–Crippen MR) is 73.2 cm³/mol. The number of sulfonamides is 1. The first-order valence-electron chi connectivity index (χ1n) is 6.50. The van der Waals surface area contributed by atoms with Crippen molar-refractivity contribution >= 4 is 10.0 Å². The SMILES string of the molecule is Cc1cc(C)c(S(=O)(=O)NC2CCCC2)c(C)c1. The van der Waals surface area contributed by atoms with Crippen LogP contribution < -0.4 is 4.72 Å². The summed E-state index contributed by atoms with van der Waals surface area (Å²) in [4.78, 5) is 0.458. The third kappa shape index (κ3) is 2.75. The standard InChI is InChI=1S/C14H21NO2S/c1-10-8-11(2)14(12(3)9-10)18(16,17)15-13-6-4-5-7-13/h8-9,13,15H,4-7H2,1-3H3. The van der Waals surface area contributed by atoms with Crippen molar-refractivity contribution in [3.05, 3.63) is 28.8 Å². The van der Waals surface area contributed by atoms with Crippen LogP contribution in [0, 0.1) is 20.8 Å². The van der Waals surface area contributed by atoms with Crippen molar-refractivity contribution < 1.29 is 8.42 Å². The topological polar surface area (TPSA) is 46.2 Å². The molecule has 1 saturated carbocycles. The second-order valence-electron chi connectivity index (χ2n) is 5.33. The lowest BCUT2D eigenvalue weighted by atomic mass is 10.1. The number of hydrogen-bond acceptors (Lipinski definition) is 2. The van der Waals surface area contributed by atoms with Crippen LogP contribution in [0.1, 0.15) is 42.4 Å². The summed E-state index contributed by atoms with van der Waals surface area (Å²) >= 11 is 0. The molecule has 0 aromatic heterocycles. The van der Waals surface area contributed by atoms with E-state index in [0.717, 1.165) is 42.4 Å². The Morgan fingerprint density at radius 1 is 1.06 bits per heavy atom. The Hall–Kier alpha value is -0.870. The molecule has 1 aliphatic carbocycles. The molecule has 4 heteroatoms. The minimum absolute atomic E-state index is 0.120. The lowest BCUT2D eigenvalue weighted by Crippen LogP contribution is -2.33. The van der Waals surface area contributed by atoms with E-state index in [1.165, 1.54) is 0 Å². The van der Waals surface area contributed by atoms with Gasteiger partial charge in [-0.2, -0.15) is 0 Å². The molecule has 0 aliphatic heterocycles. The molecule has 0 bridgehead atoms. The summed E-state index contributed by atoms with van der Waals surface area (Å²) < 4.78 is 27.7. The lowest BCUT2D eigenvalue weighted by molar-refractivity contribution is 0.551. The molecule has 3 nitrogen and oxygen atoms in total. The van der Waals surface area contributed by atoms with E-state index in [1.807, 2.05) is 32.9 Å². The van der Waals surface area contributed by atoms with E-state index in [2.05, 4.69) is 4.72 Å². The summed E-state index contributed by atoms with van der Waals surface area (Å²) in [6.45, 7) is 5.72. The smallest absolute Gasteiger partial charge is 0.208 e. The third-order valence-corrected chi connectivity index (χ3v) is 5.38. The van der Waals surface area contributed by atoms with Crippen molar-refractivity contribution in [1.29, 1.82) is 0 Å². The van der Waals surface area contributed by atoms with Crippen LogP contribution in [0.25, 0.3) is 0 Å². The summed E-state index contributed by atoms with van der Waals surface area (Å²) in [6.07, 6.45) is 4.17. The fourth-order valence-electron chi connectivity index (χ4n) is 2.91. The highest BCUT2D eigenvalue weighted by molar-refractivity contribution is 7.89. The van der Waals surface area contributed by atoms with Gasteiger partial charge in [-0.3, -0.25) is 0 Å². The molecule has 0 spiro atoms. The minimum Gasteiger partial charge on any atom is -0.208 e. The zero-order valence-corrected chi connectivity index (χ0v) is 12.1. The van der Waals surface area contributed by atoms with E-state index in [-0.39, 0.29) is 6.04 Å². The van der Waals surface area contributed by atoms with Gasteiger partial charge in [0.2, 0.25) is 10.0 Å². The van der Waals surface area contributed by atoms with Crippen LogP contribution in [0.4, 0.5) is 0 Å². The molecule has 100 valence electrons. The quantitative estimate of drug-likeness (QED) is 0.915. The number of benzene rings is 1. The fraction of sp³-hybridized carbons (Fsp3) is 0.571.